The molecule has 0 aliphatic heterocycles. The molecule has 0 radical (unpaired) electrons. The first-order valence-electron chi connectivity index (χ1n) is 5.88. The Kier molecular flexibility index (Phi) is 4.82. The minimum atomic E-state index is 0.0381. The fourth-order valence-corrected chi connectivity index (χ4v) is 1.66. The number of hydrogen-bond donors (Lipinski definition) is 2. The Labute approximate surface area is 103 Å². The number of nitrogens with one attached hydrogen (secondary N) is 1. The summed E-state index contributed by atoms with van der Waals surface area (Å²) in [6.07, 6.45) is 0.951. The van der Waals surface area contributed by atoms with Crippen LogP contribution in [0.25, 0.3) is 0 Å². The van der Waals surface area contributed by atoms with Gasteiger partial charge in [-0.05, 0) is 31.0 Å². The number of carbonyl (C=O) groups is 1. The summed E-state index contributed by atoms with van der Waals surface area (Å²) in [5.74, 6) is 0.0381. The SMILES string of the molecule is CCCNC(=O)CN(C)c1cc(N)ccc1C. The van der Waals surface area contributed by atoms with Gasteiger partial charge in [-0.2, -0.15) is 0 Å². The number of benzene rings is 1. The number of nitrogens with two attached hydrogens (primary N) is 1. The molecular formula is C13H21N3O. The Morgan fingerprint density at radius 2 is 2.18 bits per heavy atom. The van der Waals surface area contributed by atoms with Crippen molar-refractivity contribution in [3.8, 4) is 0 Å². The minimum Gasteiger partial charge on any atom is -0.399 e. The highest BCUT2D eigenvalue weighted by atomic mass is 16.2. The third-order valence-electron chi connectivity index (χ3n) is 2.60. The van der Waals surface area contributed by atoms with E-state index < -0.39 is 0 Å². The summed E-state index contributed by atoms with van der Waals surface area (Å²) >= 11 is 0. The molecule has 0 atom stereocenters. The second kappa shape index (κ2) is 6.13. The van der Waals surface area contributed by atoms with Crippen LogP contribution < -0.4 is 16.0 Å². The molecule has 4 nitrogen and oxygen atoms in total. The summed E-state index contributed by atoms with van der Waals surface area (Å²) in [7, 11) is 1.90. The van der Waals surface area contributed by atoms with E-state index in [1.54, 1.807) is 0 Å². The molecule has 3 N–H and O–H groups in total. The Balaban J connectivity index is 2.66. The number of anilines is 2. The molecule has 1 aromatic rings. The molecule has 0 saturated carbocycles. The van der Waals surface area contributed by atoms with Crippen molar-refractivity contribution in [1.29, 1.82) is 0 Å². The van der Waals surface area contributed by atoms with Crippen LogP contribution in [0.3, 0.4) is 0 Å². The molecule has 0 aromatic heterocycles. The predicted octanol–water partition coefficient (Wildman–Crippen LogP) is 1.54. The van der Waals surface area contributed by atoms with Gasteiger partial charge in [-0.25, -0.2) is 0 Å². The molecule has 0 aliphatic carbocycles. The number of nitrogen functional groups attached to an aromatic ring is 1. The minimum absolute atomic E-state index is 0.0381. The molecule has 0 spiro atoms. The lowest BCUT2D eigenvalue weighted by Gasteiger charge is -2.21. The standard InChI is InChI=1S/C13H21N3O/c1-4-7-15-13(17)9-16(3)12-8-11(14)6-5-10(12)2/h5-6,8H,4,7,9,14H2,1-3H3,(H,15,17). The van der Waals surface area contributed by atoms with Gasteiger partial charge in [0.2, 0.25) is 5.91 Å². The van der Waals surface area contributed by atoms with Crippen LogP contribution in [0.15, 0.2) is 18.2 Å². The average Bonchev–Trinajstić information content (AvgIpc) is 2.29. The average molecular weight is 235 g/mol. The Bertz CT molecular complexity index is 390. The quantitative estimate of drug-likeness (QED) is 0.761. The Morgan fingerprint density at radius 3 is 2.82 bits per heavy atom. The van der Waals surface area contributed by atoms with E-state index in [9.17, 15) is 4.79 Å². The second-order valence-electron chi connectivity index (χ2n) is 4.25. The van der Waals surface area contributed by atoms with Crippen molar-refractivity contribution in [3.05, 3.63) is 23.8 Å². The molecule has 0 aliphatic rings. The molecule has 94 valence electrons. The number of amides is 1. The number of carbonyl (C=O) groups excluding carboxylic acids is 1. The van der Waals surface area contributed by atoms with E-state index in [0.29, 0.717) is 12.2 Å². The molecule has 0 bridgehead atoms. The van der Waals surface area contributed by atoms with Gasteiger partial charge in [-0.15, -0.1) is 0 Å². The maximum absolute atomic E-state index is 11.6. The van der Waals surface area contributed by atoms with Crippen LogP contribution >= 0.6 is 0 Å². The molecule has 17 heavy (non-hydrogen) atoms. The lowest BCUT2D eigenvalue weighted by molar-refractivity contribution is -0.119. The first-order valence-corrected chi connectivity index (χ1v) is 5.88. The van der Waals surface area contributed by atoms with Gasteiger partial charge >= 0.3 is 0 Å². The summed E-state index contributed by atoms with van der Waals surface area (Å²) in [6.45, 7) is 5.12. The molecule has 0 unspecified atom stereocenters. The van der Waals surface area contributed by atoms with Crippen LogP contribution in [0.1, 0.15) is 18.9 Å². The molecule has 0 saturated heterocycles. The van der Waals surface area contributed by atoms with E-state index in [1.807, 2.05) is 44.0 Å². The van der Waals surface area contributed by atoms with Gasteiger partial charge in [-0.1, -0.05) is 13.0 Å². The Hall–Kier alpha value is -1.71. The lowest BCUT2D eigenvalue weighted by Crippen LogP contribution is -2.35. The van der Waals surface area contributed by atoms with Crippen LogP contribution in [0, 0.1) is 6.92 Å². The van der Waals surface area contributed by atoms with Gasteiger partial charge in [0, 0.05) is 25.0 Å². The van der Waals surface area contributed by atoms with E-state index in [1.165, 1.54) is 0 Å². The number of rotatable bonds is 5. The van der Waals surface area contributed by atoms with Crippen LogP contribution in [-0.2, 0) is 4.79 Å². The maximum atomic E-state index is 11.6. The van der Waals surface area contributed by atoms with Crippen molar-refractivity contribution in [2.45, 2.75) is 20.3 Å². The van der Waals surface area contributed by atoms with Crippen LogP contribution in [0.2, 0.25) is 0 Å². The second-order valence-corrected chi connectivity index (χ2v) is 4.25. The summed E-state index contributed by atoms with van der Waals surface area (Å²) in [4.78, 5) is 13.5. The first kappa shape index (κ1) is 13.4. The van der Waals surface area contributed by atoms with Gasteiger partial charge in [0.1, 0.15) is 0 Å². The van der Waals surface area contributed by atoms with Crippen LogP contribution in [0.5, 0.6) is 0 Å². The highest BCUT2D eigenvalue weighted by molar-refractivity contribution is 5.81. The lowest BCUT2D eigenvalue weighted by atomic mass is 10.1. The van der Waals surface area contributed by atoms with Gasteiger partial charge in [0.05, 0.1) is 6.54 Å². The number of aryl methyl sites for hydroxylation is 1. The molecule has 0 fully saturated rings. The van der Waals surface area contributed by atoms with Crippen molar-refractivity contribution in [1.82, 2.24) is 5.32 Å². The number of likely N-dealkylation sites (N-methyl/N-ethyl adjacent to an activating group) is 1. The smallest absolute Gasteiger partial charge is 0.239 e. The van der Waals surface area contributed by atoms with Gasteiger partial charge in [0.25, 0.3) is 0 Å². The zero-order valence-corrected chi connectivity index (χ0v) is 10.8. The van der Waals surface area contributed by atoms with Gasteiger partial charge in [0.15, 0.2) is 0 Å². The maximum Gasteiger partial charge on any atom is 0.239 e. The first-order chi connectivity index (χ1) is 8.04. The van der Waals surface area contributed by atoms with E-state index in [-0.39, 0.29) is 5.91 Å². The fraction of sp³-hybridized carbons (Fsp3) is 0.462. The molecule has 1 rings (SSSR count). The molecule has 1 amide bonds. The van der Waals surface area contributed by atoms with Gasteiger partial charge < -0.3 is 16.0 Å². The highest BCUT2D eigenvalue weighted by Gasteiger charge is 2.09. The summed E-state index contributed by atoms with van der Waals surface area (Å²) in [5, 5.41) is 2.86. The Morgan fingerprint density at radius 1 is 1.47 bits per heavy atom. The van der Waals surface area contributed by atoms with Crippen molar-refractivity contribution in [2.24, 2.45) is 0 Å². The normalized spacial score (nSPS) is 10.1. The topological polar surface area (TPSA) is 58.4 Å². The van der Waals surface area contributed by atoms with Crippen LogP contribution in [-0.4, -0.2) is 26.0 Å². The number of hydrogen-bond acceptors (Lipinski definition) is 3. The van der Waals surface area contributed by atoms with Crippen molar-refractivity contribution in [3.63, 3.8) is 0 Å². The molecule has 1 aromatic carbocycles. The summed E-state index contributed by atoms with van der Waals surface area (Å²) < 4.78 is 0. The van der Waals surface area contributed by atoms with Crippen molar-refractivity contribution in [2.75, 3.05) is 30.8 Å². The zero-order chi connectivity index (χ0) is 12.8. The zero-order valence-electron chi connectivity index (χ0n) is 10.8. The summed E-state index contributed by atoms with van der Waals surface area (Å²) in [5.41, 5.74) is 8.58. The largest absolute Gasteiger partial charge is 0.399 e. The summed E-state index contributed by atoms with van der Waals surface area (Å²) in [6, 6.07) is 5.72. The van der Waals surface area contributed by atoms with Crippen molar-refractivity contribution < 1.29 is 4.79 Å². The molecule has 0 heterocycles. The fourth-order valence-electron chi connectivity index (χ4n) is 1.66. The monoisotopic (exact) mass is 235 g/mol. The molecular weight excluding hydrogens is 214 g/mol. The van der Waals surface area contributed by atoms with Crippen LogP contribution in [0.4, 0.5) is 11.4 Å². The van der Waals surface area contributed by atoms with E-state index in [2.05, 4.69) is 5.32 Å². The molecule has 4 heteroatoms. The third-order valence-corrected chi connectivity index (χ3v) is 2.60. The van der Waals surface area contributed by atoms with E-state index in [0.717, 1.165) is 24.2 Å². The number of nitrogens with zero attached hydrogens (tertiary/aromatic N) is 1. The van der Waals surface area contributed by atoms with E-state index in [4.69, 9.17) is 5.73 Å². The predicted molar refractivity (Wildman–Crippen MR) is 72.2 cm³/mol. The van der Waals surface area contributed by atoms with Gasteiger partial charge in [-0.3, -0.25) is 4.79 Å². The highest BCUT2D eigenvalue weighted by Crippen LogP contribution is 2.21. The van der Waals surface area contributed by atoms with Crippen molar-refractivity contribution >= 4 is 17.3 Å². The third kappa shape index (κ3) is 3.98. The van der Waals surface area contributed by atoms with E-state index >= 15 is 0 Å².